The number of aromatic nitrogens is 1. The number of benzene rings is 1. The number of hydrogen-bond acceptors (Lipinski definition) is 2. The molecule has 2 heterocycles. The molecule has 2 N–H and O–H groups in total. The number of hydrogen-bond donors (Lipinski definition) is 2. The molecule has 25 heavy (non-hydrogen) atoms. The molecule has 132 valence electrons. The van der Waals surface area contributed by atoms with Gasteiger partial charge in [-0.25, -0.2) is 9.18 Å². The van der Waals surface area contributed by atoms with Crippen LogP contribution in [0.25, 0.3) is 10.9 Å². The molecular weight excluding hydrogens is 323 g/mol. The molecule has 0 bridgehead atoms. The van der Waals surface area contributed by atoms with Crippen molar-refractivity contribution in [2.45, 2.75) is 50.6 Å². The van der Waals surface area contributed by atoms with Gasteiger partial charge in [-0.1, -0.05) is 12.8 Å². The van der Waals surface area contributed by atoms with E-state index in [-0.39, 0.29) is 24.2 Å². The number of carboxylic acid groups (broad SMARTS) is 1. The Bertz CT molecular complexity index is 831. The monoisotopic (exact) mass is 344 g/mol. The summed E-state index contributed by atoms with van der Waals surface area (Å²) >= 11 is 0. The molecule has 1 aromatic carbocycles. The van der Waals surface area contributed by atoms with Crippen molar-refractivity contribution < 1.29 is 19.1 Å². The van der Waals surface area contributed by atoms with E-state index in [1.165, 1.54) is 12.1 Å². The Morgan fingerprint density at radius 2 is 2.08 bits per heavy atom. The van der Waals surface area contributed by atoms with Crippen LogP contribution in [0.15, 0.2) is 24.4 Å². The maximum Gasteiger partial charge on any atom is 0.326 e. The lowest BCUT2D eigenvalue weighted by molar-refractivity contribution is -0.149. The zero-order valence-electron chi connectivity index (χ0n) is 13.9. The summed E-state index contributed by atoms with van der Waals surface area (Å²) in [4.78, 5) is 29.2. The molecule has 3 atom stereocenters. The van der Waals surface area contributed by atoms with Gasteiger partial charge in [0.1, 0.15) is 11.9 Å². The van der Waals surface area contributed by atoms with E-state index >= 15 is 0 Å². The first-order chi connectivity index (χ1) is 12.0. The fourth-order valence-electron chi connectivity index (χ4n) is 4.60. The first-order valence-electron chi connectivity index (χ1n) is 8.84. The molecule has 3 unspecified atom stereocenters. The van der Waals surface area contributed by atoms with Crippen LogP contribution in [0.2, 0.25) is 0 Å². The second-order valence-corrected chi connectivity index (χ2v) is 7.18. The van der Waals surface area contributed by atoms with Gasteiger partial charge < -0.3 is 15.0 Å². The summed E-state index contributed by atoms with van der Waals surface area (Å²) in [5, 5.41) is 10.4. The molecule has 1 aromatic heterocycles. The van der Waals surface area contributed by atoms with E-state index in [1.54, 1.807) is 17.2 Å². The zero-order chi connectivity index (χ0) is 17.6. The fraction of sp³-hybridized carbons (Fsp3) is 0.474. The Labute approximate surface area is 144 Å². The van der Waals surface area contributed by atoms with Gasteiger partial charge in [0.25, 0.3) is 0 Å². The normalized spacial score (nSPS) is 26.0. The van der Waals surface area contributed by atoms with Crippen LogP contribution in [0.5, 0.6) is 0 Å². The smallest absolute Gasteiger partial charge is 0.326 e. The lowest BCUT2D eigenvalue weighted by atomic mass is 9.84. The Morgan fingerprint density at radius 3 is 2.88 bits per heavy atom. The van der Waals surface area contributed by atoms with Gasteiger partial charge >= 0.3 is 5.97 Å². The van der Waals surface area contributed by atoms with Crippen molar-refractivity contribution in [3.8, 4) is 0 Å². The summed E-state index contributed by atoms with van der Waals surface area (Å²) in [5.74, 6) is -1.09. The number of halogens is 1. The second kappa shape index (κ2) is 6.17. The third kappa shape index (κ3) is 2.79. The van der Waals surface area contributed by atoms with E-state index in [1.807, 2.05) is 0 Å². The highest BCUT2D eigenvalue weighted by Gasteiger charge is 2.47. The van der Waals surface area contributed by atoms with E-state index in [0.29, 0.717) is 17.9 Å². The lowest BCUT2D eigenvalue weighted by Crippen LogP contribution is -2.46. The molecule has 2 fully saturated rings. The number of rotatable bonds is 3. The molecule has 1 saturated heterocycles. The highest BCUT2D eigenvalue weighted by atomic mass is 19.1. The van der Waals surface area contributed by atoms with Crippen molar-refractivity contribution in [2.75, 3.05) is 0 Å². The van der Waals surface area contributed by atoms with Gasteiger partial charge in [0.2, 0.25) is 5.91 Å². The largest absolute Gasteiger partial charge is 0.480 e. The van der Waals surface area contributed by atoms with Crippen LogP contribution in [0.1, 0.15) is 37.7 Å². The van der Waals surface area contributed by atoms with Gasteiger partial charge in [-0.3, -0.25) is 4.79 Å². The Balaban J connectivity index is 1.60. The predicted molar refractivity (Wildman–Crippen MR) is 90.6 cm³/mol. The maximum atomic E-state index is 13.3. The molecule has 1 saturated carbocycles. The minimum absolute atomic E-state index is 0.0463. The van der Waals surface area contributed by atoms with E-state index in [9.17, 15) is 19.1 Å². The van der Waals surface area contributed by atoms with Gasteiger partial charge in [-0.2, -0.15) is 0 Å². The maximum absolute atomic E-state index is 13.3. The summed E-state index contributed by atoms with van der Waals surface area (Å²) in [5.41, 5.74) is 1.43. The fourth-order valence-corrected chi connectivity index (χ4v) is 4.60. The summed E-state index contributed by atoms with van der Waals surface area (Å²) in [7, 11) is 0. The highest BCUT2D eigenvalue weighted by Crippen LogP contribution is 2.40. The Kier molecular flexibility index (Phi) is 3.98. The van der Waals surface area contributed by atoms with Crippen molar-refractivity contribution >= 4 is 22.8 Å². The summed E-state index contributed by atoms with van der Waals surface area (Å²) in [6.07, 6.45) is 6.47. The molecule has 1 amide bonds. The van der Waals surface area contributed by atoms with E-state index in [2.05, 4.69) is 4.98 Å². The number of fused-ring (bicyclic) bond motifs is 2. The van der Waals surface area contributed by atoms with Crippen molar-refractivity contribution in [1.29, 1.82) is 0 Å². The molecule has 2 aromatic rings. The summed E-state index contributed by atoms with van der Waals surface area (Å²) in [6.45, 7) is 0. The first kappa shape index (κ1) is 16.1. The minimum Gasteiger partial charge on any atom is -0.480 e. The molecule has 1 aliphatic carbocycles. The molecule has 0 spiro atoms. The number of nitrogens with zero attached hydrogens (tertiary/aromatic N) is 1. The highest BCUT2D eigenvalue weighted by molar-refractivity contribution is 5.91. The molecule has 0 radical (unpaired) electrons. The Hall–Kier alpha value is -2.37. The van der Waals surface area contributed by atoms with E-state index in [0.717, 1.165) is 36.6 Å². The van der Waals surface area contributed by atoms with Crippen LogP contribution in [-0.4, -0.2) is 39.0 Å². The van der Waals surface area contributed by atoms with Crippen molar-refractivity contribution in [1.82, 2.24) is 9.88 Å². The van der Waals surface area contributed by atoms with Crippen molar-refractivity contribution in [3.63, 3.8) is 0 Å². The van der Waals surface area contributed by atoms with E-state index < -0.39 is 12.0 Å². The van der Waals surface area contributed by atoms with Crippen LogP contribution in [-0.2, 0) is 16.0 Å². The van der Waals surface area contributed by atoms with Crippen molar-refractivity contribution in [3.05, 3.63) is 35.8 Å². The van der Waals surface area contributed by atoms with Gasteiger partial charge in [0.05, 0.1) is 6.42 Å². The third-order valence-electron chi connectivity index (χ3n) is 5.73. The molecular formula is C19H21FN2O3. The number of carbonyl (C=O) groups is 2. The van der Waals surface area contributed by atoms with E-state index in [4.69, 9.17) is 0 Å². The average molecular weight is 344 g/mol. The average Bonchev–Trinajstić information content (AvgIpc) is 3.16. The summed E-state index contributed by atoms with van der Waals surface area (Å²) < 4.78 is 13.3. The first-order valence-corrected chi connectivity index (χ1v) is 8.84. The molecule has 2 aliphatic rings. The predicted octanol–water partition coefficient (Wildman–Crippen LogP) is 3.09. The number of amides is 1. The zero-order valence-corrected chi connectivity index (χ0v) is 13.9. The van der Waals surface area contributed by atoms with Crippen LogP contribution in [0.4, 0.5) is 4.39 Å². The van der Waals surface area contributed by atoms with Gasteiger partial charge in [0.15, 0.2) is 0 Å². The summed E-state index contributed by atoms with van der Waals surface area (Å²) in [6, 6.07) is 3.76. The second-order valence-electron chi connectivity index (χ2n) is 7.18. The number of carboxylic acids is 1. The number of likely N-dealkylation sites (tertiary alicyclic amines) is 1. The van der Waals surface area contributed by atoms with Crippen LogP contribution >= 0.6 is 0 Å². The quantitative estimate of drug-likeness (QED) is 0.899. The topological polar surface area (TPSA) is 73.4 Å². The molecule has 4 rings (SSSR count). The molecule has 5 nitrogen and oxygen atoms in total. The molecule has 6 heteroatoms. The van der Waals surface area contributed by atoms with Gasteiger partial charge in [0, 0.05) is 23.1 Å². The number of H-pyrrole nitrogens is 1. The number of aromatic amines is 1. The SMILES string of the molecule is O=C(O)C1CC2CCCCC2N1C(=O)Cc1c[nH]c2cc(F)ccc12. The number of nitrogens with one attached hydrogen (secondary N) is 1. The van der Waals surface area contributed by atoms with Crippen LogP contribution in [0.3, 0.4) is 0 Å². The number of carbonyl (C=O) groups excluding carboxylic acids is 1. The van der Waals surface area contributed by atoms with Crippen molar-refractivity contribution in [2.24, 2.45) is 5.92 Å². The lowest BCUT2D eigenvalue weighted by Gasteiger charge is -2.33. The van der Waals surface area contributed by atoms with Crippen LogP contribution in [0, 0.1) is 11.7 Å². The Morgan fingerprint density at radius 1 is 1.28 bits per heavy atom. The third-order valence-corrected chi connectivity index (χ3v) is 5.73. The van der Waals surface area contributed by atoms with Gasteiger partial charge in [-0.05, 0) is 48.9 Å². The van der Waals surface area contributed by atoms with Gasteiger partial charge in [-0.15, -0.1) is 0 Å². The minimum atomic E-state index is -0.913. The standard InChI is InChI=1S/C19H21FN2O3/c20-13-5-6-14-12(10-21-15(14)9-13)8-18(23)22-16-4-2-1-3-11(16)7-17(22)19(24)25/h5-6,9-11,16-17,21H,1-4,7-8H2,(H,24,25). The van der Waals surface area contributed by atoms with Crippen LogP contribution < -0.4 is 0 Å². The molecule has 1 aliphatic heterocycles. The number of aliphatic carboxylic acids is 1.